The number of hydrogen-bond donors (Lipinski definition) is 3. The second-order valence-electron chi connectivity index (χ2n) is 3.38. The van der Waals surface area contributed by atoms with Crippen molar-refractivity contribution < 1.29 is 9.90 Å². The number of carbonyl (C=O) groups is 1. The summed E-state index contributed by atoms with van der Waals surface area (Å²) in [4.78, 5) is 10.5. The number of nitrogens with two attached hydrogens (primary N) is 1. The number of halogens is 1. The molecule has 0 amide bonds. The maximum Gasteiger partial charge on any atom is 0.321 e. The fourth-order valence-corrected chi connectivity index (χ4v) is 1.98. The Kier molecular flexibility index (Phi) is 8.74. The molecule has 100 valence electrons. The Hall–Kier alpha value is -0.820. The van der Waals surface area contributed by atoms with E-state index < -0.39 is 12.0 Å². The average molecular weight is 307 g/mol. The molecular weight excluding hydrogens is 292 g/mol. The molecule has 0 aliphatic carbocycles. The Balaban J connectivity index is 0.00000289. The number of nitrogens with one attached hydrogen (secondary N) is 1. The first-order valence-electron chi connectivity index (χ1n) is 5.02. The van der Waals surface area contributed by atoms with Gasteiger partial charge in [0.05, 0.1) is 0 Å². The second kappa shape index (κ2) is 9.16. The highest BCUT2D eigenvalue weighted by Crippen LogP contribution is 2.05. The van der Waals surface area contributed by atoms with Gasteiger partial charge in [-0.2, -0.15) is 0 Å². The van der Waals surface area contributed by atoms with Gasteiger partial charge in [0.15, 0.2) is 0 Å². The highest BCUT2D eigenvalue weighted by molar-refractivity contribution is 8.23. The van der Waals surface area contributed by atoms with E-state index in [2.05, 4.69) is 5.32 Å². The van der Waals surface area contributed by atoms with Gasteiger partial charge in [0.2, 0.25) is 0 Å². The zero-order chi connectivity index (χ0) is 12.7. The lowest BCUT2D eigenvalue weighted by Crippen LogP contribution is -2.33. The molecule has 4 N–H and O–H groups in total. The monoisotopic (exact) mass is 306 g/mol. The van der Waals surface area contributed by atoms with Crippen LogP contribution in [-0.4, -0.2) is 27.2 Å². The van der Waals surface area contributed by atoms with Crippen LogP contribution in [0.25, 0.3) is 0 Å². The number of hydrogen-bond acceptors (Lipinski definition) is 4. The van der Waals surface area contributed by atoms with Crippen molar-refractivity contribution >= 4 is 46.7 Å². The third-order valence-electron chi connectivity index (χ3n) is 1.99. The van der Waals surface area contributed by atoms with E-state index in [-0.39, 0.29) is 18.2 Å². The molecule has 18 heavy (non-hydrogen) atoms. The molecule has 0 aromatic heterocycles. The summed E-state index contributed by atoms with van der Waals surface area (Å²) in [5.74, 6) is -0.737. The molecule has 7 heteroatoms. The lowest BCUT2D eigenvalue weighted by Gasteiger charge is -2.09. The lowest BCUT2D eigenvalue weighted by molar-refractivity contribution is -0.137. The van der Waals surface area contributed by atoms with E-state index in [1.165, 1.54) is 11.8 Å². The number of thiocarbonyl (C=S) groups is 1. The molecule has 0 saturated heterocycles. The van der Waals surface area contributed by atoms with E-state index in [9.17, 15) is 4.79 Å². The largest absolute Gasteiger partial charge is 0.480 e. The Morgan fingerprint density at radius 1 is 1.44 bits per heavy atom. The van der Waals surface area contributed by atoms with Crippen LogP contribution in [0.2, 0.25) is 0 Å². The van der Waals surface area contributed by atoms with Crippen molar-refractivity contribution in [2.75, 3.05) is 5.75 Å². The number of carboxylic acid groups (broad SMARTS) is 1. The molecule has 1 rings (SSSR count). The number of benzene rings is 1. The quantitative estimate of drug-likeness (QED) is 0.718. The summed E-state index contributed by atoms with van der Waals surface area (Å²) in [6.45, 7) is 0.634. The molecule has 0 spiro atoms. The Bertz CT molecular complexity index is 390. The molecule has 1 atom stereocenters. The van der Waals surface area contributed by atoms with E-state index in [1.807, 2.05) is 30.3 Å². The average Bonchev–Trinajstić information content (AvgIpc) is 2.34. The highest BCUT2D eigenvalue weighted by atomic mass is 35.5. The van der Waals surface area contributed by atoms with Crippen LogP contribution in [-0.2, 0) is 11.3 Å². The van der Waals surface area contributed by atoms with Gasteiger partial charge >= 0.3 is 5.97 Å². The van der Waals surface area contributed by atoms with Crippen molar-refractivity contribution in [3.05, 3.63) is 35.9 Å². The van der Waals surface area contributed by atoms with E-state index in [0.29, 0.717) is 10.9 Å². The minimum absolute atomic E-state index is 0. The van der Waals surface area contributed by atoms with E-state index in [1.54, 1.807) is 0 Å². The summed E-state index contributed by atoms with van der Waals surface area (Å²) in [7, 11) is 0. The summed E-state index contributed by atoms with van der Waals surface area (Å²) >= 11 is 6.31. The van der Waals surface area contributed by atoms with Crippen LogP contribution in [0.4, 0.5) is 0 Å². The maximum atomic E-state index is 10.5. The first kappa shape index (κ1) is 17.2. The molecule has 0 aliphatic heterocycles. The van der Waals surface area contributed by atoms with Crippen LogP contribution in [0.15, 0.2) is 30.3 Å². The minimum atomic E-state index is -1.01. The van der Waals surface area contributed by atoms with Crippen LogP contribution in [0.3, 0.4) is 0 Å². The van der Waals surface area contributed by atoms with Gasteiger partial charge in [0.25, 0.3) is 0 Å². The van der Waals surface area contributed by atoms with Gasteiger partial charge in [0, 0.05) is 12.3 Å². The third-order valence-corrected chi connectivity index (χ3v) is 3.42. The van der Waals surface area contributed by atoms with Gasteiger partial charge < -0.3 is 16.2 Å². The first-order valence-corrected chi connectivity index (χ1v) is 6.42. The molecule has 0 saturated carbocycles. The fraction of sp³-hybridized carbons (Fsp3) is 0.273. The summed E-state index contributed by atoms with van der Waals surface area (Å²) in [6, 6.07) is 8.95. The molecule has 0 heterocycles. The van der Waals surface area contributed by atoms with Gasteiger partial charge in [-0.1, -0.05) is 54.3 Å². The fourth-order valence-electron chi connectivity index (χ4n) is 1.06. The summed E-state index contributed by atoms with van der Waals surface area (Å²) in [6.07, 6.45) is 0. The second-order valence-corrected chi connectivity index (χ2v) is 5.08. The highest BCUT2D eigenvalue weighted by Gasteiger charge is 2.12. The van der Waals surface area contributed by atoms with Gasteiger partial charge in [0.1, 0.15) is 10.4 Å². The third kappa shape index (κ3) is 6.80. The van der Waals surface area contributed by atoms with Gasteiger partial charge in [-0.25, -0.2) is 0 Å². The van der Waals surface area contributed by atoms with E-state index in [4.69, 9.17) is 23.1 Å². The number of thioether (sulfide) groups is 1. The lowest BCUT2D eigenvalue weighted by atomic mass is 10.2. The van der Waals surface area contributed by atoms with Crippen molar-refractivity contribution in [2.45, 2.75) is 12.6 Å². The predicted octanol–water partition coefficient (Wildman–Crippen LogP) is 1.63. The normalized spacial score (nSPS) is 11.2. The Labute approximate surface area is 122 Å². The van der Waals surface area contributed by atoms with Crippen LogP contribution in [0.5, 0.6) is 0 Å². The Morgan fingerprint density at radius 2 is 2.06 bits per heavy atom. The van der Waals surface area contributed by atoms with Crippen molar-refractivity contribution in [1.82, 2.24) is 5.32 Å². The van der Waals surface area contributed by atoms with Gasteiger partial charge in [-0.15, -0.1) is 12.4 Å². The van der Waals surface area contributed by atoms with Crippen molar-refractivity contribution in [1.29, 1.82) is 0 Å². The summed E-state index contributed by atoms with van der Waals surface area (Å²) in [5.41, 5.74) is 6.49. The number of aliphatic carboxylic acids is 1. The Morgan fingerprint density at radius 3 is 2.61 bits per heavy atom. The van der Waals surface area contributed by atoms with Crippen molar-refractivity contribution in [2.24, 2.45) is 5.73 Å². The van der Waals surface area contributed by atoms with E-state index >= 15 is 0 Å². The SMILES string of the molecule is Cl.NC(CSC(=S)NCc1ccccc1)C(=O)O. The van der Waals surface area contributed by atoms with Crippen LogP contribution < -0.4 is 11.1 Å². The maximum absolute atomic E-state index is 10.5. The molecule has 4 nitrogen and oxygen atoms in total. The number of rotatable bonds is 5. The minimum Gasteiger partial charge on any atom is -0.480 e. The topological polar surface area (TPSA) is 75.3 Å². The van der Waals surface area contributed by atoms with Crippen molar-refractivity contribution in [3.63, 3.8) is 0 Å². The zero-order valence-electron chi connectivity index (χ0n) is 9.54. The van der Waals surface area contributed by atoms with Crippen LogP contribution >= 0.6 is 36.4 Å². The predicted molar refractivity (Wildman–Crippen MR) is 81.2 cm³/mol. The molecule has 0 radical (unpaired) electrons. The summed E-state index contributed by atoms with van der Waals surface area (Å²) < 4.78 is 0.561. The first-order chi connectivity index (χ1) is 8.09. The molecule has 1 aromatic carbocycles. The zero-order valence-corrected chi connectivity index (χ0v) is 12.0. The number of carboxylic acids is 1. The van der Waals surface area contributed by atoms with Crippen molar-refractivity contribution in [3.8, 4) is 0 Å². The van der Waals surface area contributed by atoms with E-state index in [0.717, 1.165) is 5.56 Å². The van der Waals surface area contributed by atoms with Crippen LogP contribution in [0, 0.1) is 0 Å². The smallest absolute Gasteiger partial charge is 0.321 e. The van der Waals surface area contributed by atoms with Gasteiger partial charge in [-0.05, 0) is 5.56 Å². The molecular formula is C11H15ClN2O2S2. The molecule has 1 unspecified atom stereocenters. The molecule has 0 fully saturated rings. The van der Waals surface area contributed by atoms with Crippen LogP contribution in [0.1, 0.15) is 5.56 Å². The molecule has 1 aromatic rings. The summed E-state index contributed by atoms with van der Waals surface area (Å²) in [5, 5.41) is 11.6. The van der Waals surface area contributed by atoms with Gasteiger partial charge in [-0.3, -0.25) is 4.79 Å². The molecule has 0 aliphatic rings. The standard InChI is InChI=1S/C11H14N2O2S2.ClH/c12-9(10(14)15)7-17-11(16)13-6-8-4-2-1-3-5-8;/h1-5,9H,6-7,12H2,(H,13,16)(H,14,15);1H. The molecule has 0 bridgehead atoms.